The molecule has 2 N–H and O–H groups in total. The molecule has 0 saturated carbocycles. The number of hydrogen-bond donors (Lipinski definition) is 1. The number of likely N-dealkylation sites (tertiary alicyclic amines) is 1. The van der Waals surface area contributed by atoms with E-state index in [1.54, 1.807) is 0 Å². The zero-order valence-electron chi connectivity index (χ0n) is 7.15. The van der Waals surface area contributed by atoms with Crippen molar-refractivity contribution in [3.8, 4) is 0 Å². The van der Waals surface area contributed by atoms with E-state index in [0.29, 0.717) is 6.54 Å². The lowest BCUT2D eigenvalue weighted by atomic mass is 9.85. The summed E-state index contributed by atoms with van der Waals surface area (Å²) in [7, 11) is 2.04. The summed E-state index contributed by atoms with van der Waals surface area (Å²) in [6.07, 6.45) is 1.80. The summed E-state index contributed by atoms with van der Waals surface area (Å²) < 4.78 is 12.6. The molecule has 0 amide bonds. The lowest BCUT2D eigenvalue weighted by Gasteiger charge is -2.24. The summed E-state index contributed by atoms with van der Waals surface area (Å²) in [4.78, 5) is 2.18. The van der Waals surface area contributed by atoms with E-state index < -0.39 is 0 Å². The Balaban J connectivity index is 2.48. The SMILES string of the molecule is CN1CCC(CF)(CCN)C1. The Bertz CT molecular complexity index is 125. The normalized spacial score (nSPS) is 33.0. The van der Waals surface area contributed by atoms with Crippen molar-refractivity contribution in [2.24, 2.45) is 11.1 Å². The van der Waals surface area contributed by atoms with Crippen molar-refractivity contribution in [1.82, 2.24) is 4.90 Å². The van der Waals surface area contributed by atoms with Gasteiger partial charge in [0.05, 0.1) is 6.67 Å². The van der Waals surface area contributed by atoms with Crippen molar-refractivity contribution in [1.29, 1.82) is 0 Å². The molecular formula is C8H17FN2. The smallest absolute Gasteiger partial charge is 0.0963 e. The van der Waals surface area contributed by atoms with Crippen molar-refractivity contribution in [2.45, 2.75) is 12.8 Å². The molecule has 0 bridgehead atoms. The van der Waals surface area contributed by atoms with Gasteiger partial charge in [0.2, 0.25) is 0 Å². The molecule has 0 radical (unpaired) electrons. The summed E-state index contributed by atoms with van der Waals surface area (Å²) in [6, 6.07) is 0. The van der Waals surface area contributed by atoms with Crippen LogP contribution in [0.25, 0.3) is 0 Å². The molecule has 0 spiro atoms. The molecule has 1 fully saturated rings. The lowest BCUT2D eigenvalue weighted by Crippen LogP contribution is -2.29. The van der Waals surface area contributed by atoms with Gasteiger partial charge in [0.15, 0.2) is 0 Å². The summed E-state index contributed by atoms with van der Waals surface area (Å²) >= 11 is 0. The largest absolute Gasteiger partial charge is 0.330 e. The summed E-state index contributed by atoms with van der Waals surface area (Å²) in [5.41, 5.74) is 5.32. The van der Waals surface area contributed by atoms with E-state index in [1.165, 1.54) is 0 Å². The second kappa shape index (κ2) is 3.50. The van der Waals surface area contributed by atoms with Crippen LogP contribution in [-0.2, 0) is 0 Å². The topological polar surface area (TPSA) is 29.3 Å². The average Bonchev–Trinajstić information content (AvgIpc) is 2.34. The Morgan fingerprint density at radius 2 is 2.36 bits per heavy atom. The Morgan fingerprint density at radius 1 is 1.64 bits per heavy atom. The minimum Gasteiger partial charge on any atom is -0.330 e. The first kappa shape index (κ1) is 8.94. The van der Waals surface area contributed by atoms with Crippen LogP contribution in [0.3, 0.4) is 0 Å². The Labute approximate surface area is 67.6 Å². The fraction of sp³-hybridized carbons (Fsp3) is 1.00. The zero-order chi connectivity index (χ0) is 8.32. The monoisotopic (exact) mass is 160 g/mol. The van der Waals surface area contributed by atoms with Crippen molar-refractivity contribution < 1.29 is 4.39 Å². The lowest BCUT2D eigenvalue weighted by molar-refractivity contribution is 0.198. The minimum atomic E-state index is -0.214. The molecule has 1 unspecified atom stereocenters. The van der Waals surface area contributed by atoms with Gasteiger partial charge in [0.25, 0.3) is 0 Å². The van der Waals surface area contributed by atoms with E-state index in [1.807, 2.05) is 7.05 Å². The fourth-order valence-corrected chi connectivity index (χ4v) is 1.84. The molecule has 1 atom stereocenters. The molecule has 1 heterocycles. The standard InChI is InChI=1S/C8H17FN2/c1-11-5-3-8(6-9,7-11)2-4-10/h2-7,10H2,1H3. The van der Waals surface area contributed by atoms with Crippen LogP contribution in [0, 0.1) is 5.41 Å². The highest BCUT2D eigenvalue weighted by Gasteiger charge is 2.35. The number of nitrogens with zero attached hydrogens (tertiary/aromatic N) is 1. The van der Waals surface area contributed by atoms with Gasteiger partial charge in [-0.05, 0) is 33.0 Å². The molecule has 1 aliphatic heterocycles. The van der Waals surface area contributed by atoms with Crippen LogP contribution >= 0.6 is 0 Å². The van der Waals surface area contributed by atoms with Crippen LogP contribution in [0.4, 0.5) is 4.39 Å². The maximum Gasteiger partial charge on any atom is 0.0963 e. The van der Waals surface area contributed by atoms with E-state index in [9.17, 15) is 4.39 Å². The van der Waals surface area contributed by atoms with E-state index in [-0.39, 0.29) is 12.1 Å². The first-order chi connectivity index (χ1) is 5.22. The minimum absolute atomic E-state index is 0.108. The Kier molecular flexibility index (Phi) is 2.84. The van der Waals surface area contributed by atoms with Gasteiger partial charge < -0.3 is 10.6 Å². The molecule has 11 heavy (non-hydrogen) atoms. The van der Waals surface area contributed by atoms with Crippen LogP contribution in [-0.4, -0.2) is 38.3 Å². The van der Waals surface area contributed by atoms with E-state index in [0.717, 1.165) is 25.9 Å². The number of halogens is 1. The van der Waals surface area contributed by atoms with Crippen molar-refractivity contribution in [2.75, 3.05) is 33.4 Å². The predicted octanol–water partition coefficient (Wildman–Crippen LogP) is 0.627. The van der Waals surface area contributed by atoms with E-state index >= 15 is 0 Å². The second-order valence-electron chi connectivity index (χ2n) is 3.66. The van der Waals surface area contributed by atoms with Crippen LogP contribution in [0.1, 0.15) is 12.8 Å². The van der Waals surface area contributed by atoms with Gasteiger partial charge in [-0.2, -0.15) is 0 Å². The predicted molar refractivity (Wildman–Crippen MR) is 44.2 cm³/mol. The summed E-state index contributed by atoms with van der Waals surface area (Å²) in [5, 5.41) is 0. The molecule has 3 heteroatoms. The van der Waals surface area contributed by atoms with Gasteiger partial charge in [-0.25, -0.2) is 0 Å². The molecule has 0 aromatic heterocycles. The average molecular weight is 160 g/mol. The third kappa shape index (κ3) is 1.91. The summed E-state index contributed by atoms with van der Waals surface area (Å²) in [6.45, 7) is 2.29. The van der Waals surface area contributed by atoms with Gasteiger partial charge in [0, 0.05) is 12.0 Å². The number of nitrogens with two attached hydrogens (primary N) is 1. The Morgan fingerprint density at radius 3 is 2.73 bits per heavy atom. The molecule has 0 aliphatic carbocycles. The molecule has 0 aromatic rings. The van der Waals surface area contributed by atoms with E-state index in [4.69, 9.17) is 5.73 Å². The molecule has 2 nitrogen and oxygen atoms in total. The van der Waals surface area contributed by atoms with Gasteiger partial charge in [0.1, 0.15) is 0 Å². The van der Waals surface area contributed by atoms with E-state index in [2.05, 4.69) is 4.90 Å². The van der Waals surface area contributed by atoms with Crippen LogP contribution in [0.2, 0.25) is 0 Å². The Hall–Kier alpha value is -0.150. The molecule has 1 saturated heterocycles. The van der Waals surface area contributed by atoms with Gasteiger partial charge in [-0.15, -0.1) is 0 Å². The fourth-order valence-electron chi connectivity index (χ4n) is 1.84. The second-order valence-corrected chi connectivity index (χ2v) is 3.66. The van der Waals surface area contributed by atoms with Crippen molar-refractivity contribution >= 4 is 0 Å². The molecule has 0 aromatic carbocycles. The highest BCUT2D eigenvalue weighted by atomic mass is 19.1. The van der Waals surface area contributed by atoms with Crippen LogP contribution in [0.5, 0.6) is 0 Å². The first-order valence-corrected chi connectivity index (χ1v) is 4.17. The van der Waals surface area contributed by atoms with Crippen LogP contribution in [0.15, 0.2) is 0 Å². The molecular weight excluding hydrogens is 143 g/mol. The summed E-state index contributed by atoms with van der Waals surface area (Å²) in [5.74, 6) is 0. The third-order valence-corrected chi connectivity index (χ3v) is 2.59. The third-order valence-electron chi connectivity index (χ3n) is 2.59. The number of hydrogen-bond acceptors (Lipinski definition) is 2. The molecule has 1 aliphatic rings. The first-order valence-electron chi connectivity index (χ1n) is 4.17. The van der Waals surface area contributed by atoms with Crippen molar-refractivity contribution in [3.05, 3.63) is 0 Å². The maximum atomic E-state index is 12.6. The highest BCUT2D eigenvalue weighted by molar-refractivity contribution is 4.88. The maximum absolute atomic E-state index is 12.6. The highest BCUT2D eigenvalue weighted by Crippen LogP contribution is 2.33. The van der Waals surface area contributed by atoms with Gasteiger partial charge in [-0.1, -0.05) is 0 Å². The number of rotatable bonds is 3. The number of alkyl halides is 1. The van der Waals surface area contributed by atoms with Crippen molar-refractivity contribution in [3.63, 3.8) is 0 Å². The van der Waals surface area contributed by atoms with Gasteiger partial charge >= 0.3 is 0 Å². The quantitative estimate of drug-likeness (QED) is 0.656. The molecule has 1 rings (SSSR count). The van der Waals surface area contributed by atoms with Crippen LogP contribution < -0.4 is 5.73 Å². The zero-order valence-corrected chi connectivity index (χ0v) is 7.15. The molecule has 66 valence electrons. The van der Waals surface area contributed by atoms with Gasteiger partial charge in [-0.3, -0.25) is 4.39 Å².